The second kappa shape index (κ2) is 6.14. The molecule has 0 bridgehead atoms. The van der Waals surface area contributed by atoms with Gasteiger partial charge in [-0.05, 0) is 49.1 Å². The van der Waals surface area contributed by atoms with Crippen LogP contribution in [0.15, 0.2) is 42.9 Å². The Labute approximate surface area is 150 Å². The van der Waals surface area contributed by atoms with Crippen LogP contribution in [0.5, 0.6) is 0 Å². The van der Waals surface area contributed by atoms with E-state index in [1.807, 2.05) is 12.4 Å². The number of ether oxygens (including phenoxy) is 1. The summed E-state index contributed by atoms with van der Waals surface area (Å²) in [6.07, 6.45) is 7.52. The van der Waals surface area contributed by atoms with Crippen molar-refractivity contribution >= 4 is 16.7 Å². The van der Waals surface area contributed by atoms with Crippen LogP contribution in [0.3, 0.4) is 0 Å². The van der Waals surface area contributed by atoms with Crippen LogP contribution >= 0.6 is 0 Å². The van der Waals surface area contributed by atoms with Gasteiger partial charge >= 0.3 is 0 Å². The van der Waals surface area contributed by atoms with E-state index in [9.17, 15) is 0 Å². The Morgan fingerprint density at radius 2 is 1.88 bits per heavy atom. The van der Waals surface area contributed by atoms with Gasteiger partial charge in [-0.3, -0.25) is 14.4 Å². The molecule has 26 heavy (non-hydrogen) atoms. The van der Waals surface area contributed by atoms with Gasteiger partial charge in [0.25, 0.3) is 0 Å². The van der Waals surface area contributed by atoms with E-state index in [1.165, 1.54) is 0 Å². The van der Waals surface area contributed by atoms with Gasteiger partial charge in [-0.2, -0.15) is 0 Å². The first-order valence-electron chi connectivity index (χ1n) is 8.93. The number of nitrogens with zero attached hydrogens (tertiary/aromatic N) is 5. The lowest BCUT2D eigenvalue weighted by Crippen LogP contribution is -2.16. The third kappa shape index (κ3) is 2.54. The van der Waals surface area contributed by atoms with Gasteiger partial charge in [-0.15, -0.1) is 10.2 Å². The van der Waals surface area contributed by atoms with Crippen molar-refractivity contribution in [1.82, 2.24) is 24.6 Å². The Morgan fingerprint density at radius 1 is 1.00 bits per heavy atom. The van der Waals surface area contributed by atoms with Gasteiger partial charge in [0.15, 0.2) is 5.65 Å². The Bertz CT molecular complexity index is 1100. The van der Waals surface area contributed by atoms with Gasteiger partial charge in [0.2, 0.25) is 0 Å². The average molecular weight is 345 g/mol. The molecular formula is C20H19N5O. The summed E-state index contributed by atoms with van der Waals surface area (Å²) in [5, 5.41) is 8.85. The minimum atomic E-state index is 0.369. The summed E-state index contributed by atoms with van der Waals surface area (Å²) in [4.78, 5) is 8.88. The maximum absolute atomic E-state index is 5.51. The molecule has 1 fully saturated rings. The quantitative estimate of drug-likeness (QED) is 0.556. The molecule has 4 aromatic rings. The highest BCUT2D eigenvalue weighted by Crippen LogP contribution is 2.29. The standard InChI is InChI=1S/C20H19N5O/c1-13-8-16(11-21-10-13)15-2-3-17-18(9-15)25-19(12-22-17)23-24-20(25)14-4-6-26-7-5-14/h2-3,8-12,14H,4-7H2,1H3. The van der Waals surface area contributed by atoms with Crippen molar-refractivity contribution in [3.8, 4) is 11.1 Å². The van der Waals surface area contributed by atoms with Crippen molar-refractivity contribution < 1.29 is 4.74 Å². The molecule has 1 aliphatic heterocycles. The van der Waals surface area contributed by atoms with E-state index in [2.05, 4.69) is 55.8 Å². The Hall–Kier alpha value is -2.86. The molecule has 0 spiro atoms. The average Bonchev–Trinajstić information content (AvgIpc) is 3.13. The van der Waals surface area contributed by atoms with Crippen LogP contribution in [-0.4, -0.2) is 37.8 Å². The number of benzene rings is 1. The molecule has 0 saturated carbocycles. The molecule has 0 unspecified atom stereocenters. The molecule has 130 valence electrons. The van der Waals surface area contributed by atoms with Gasteiger partial charge in [0.05, 0.1) is 17.2 Å². The number of rotatable bonds is 2. The molecule has 5 rings (SSSR count). The summed E-state index contributed by atoms with van der Waals surface area (Å²) in [6.45, 7) is 3.62. The van der Waals surface area contributed by atoms with Gasteiger partial charge < -0.3 is 4.74 Å². The molecule has 6 nitrogen and oxygen atoms in total. The van der Waals surface area contributed by atoms with Crippen molar-refractivity contribution in [1.29, 1.82) is 0 Å². The van der Waals surface area contributed by atoms with Crippen molar-refractivity contribution in [2.75, 3.05) is 13.2 Å². The number of fused-ring (bicyclic) bond motifs is 3. The fourth-order valence-electron chi connectivity index (χ4n) is 3.69. The number of pyridine rings is 1. The normalized spacial score (nSPS) is 15.7. The van der Waals surface area contributed by atoms with Crippen LogP contribution in [0.4, 0.5) is 0 Å². The van der Waals surface area contributed by atoms with Crippen molar-refractivity contribution in [2.45, 2.75) is 25.7 Å². The second-order valence-electron chi connectivity index (χ2n) is 6.85. The monoisotopic (exact) mass is 345 g/mol. The van der Waals surface area contributed by atoms with Crippen LogP contribution in [0.25, 0.3) is 27.8 Å². The highest BCUT2D eigenvalue weighted by molar-refractivity contribution is 5.83. The van der Waals surface area contributed by atoms with E-state index in [0.29, 0.717) is 5.92 Å². The highest BCUT2D eigenvalue weighted by atomic mass is 16.5. The lowest BCUT2D eigenvalue weighted by atomic mass is 9.99. The van der Waals surface area contributed by atoms with E-state index < -0.39 is 0 Å². The Kier molecular flexibility index (Phi) is 3.64. The molecule has 1 aromatic carbocycles. The number of hydrogen-bond acceptors (Lipinski definition) is 5. The fourth-order valence-corrected chi connectivity index (χ4v) is 3.69. The topological polar surface area (TPSA) is 65.2 Å². The van der Waals surface area contributed by atoms with Gasteiger partial charge in [-0.25, -0.2) is 0 Å². The number of aryl methyl sites for hydroxylation is 1. The highest BCUT2D eigenvalue weighted by Gasteiger charge is 2.22. The SMILES string of the molecule is Cc1cncc(-c2ccc3ncc4nnc(C5CCOCC5)n4c3c2)c1. The van der Waals surface area contributed by atoms with Crippen molar-refractivity contribution in [2.24, 2.45) is 0 Å². The van der Waals surface area contributed by atoms with Crippen LogP contribution < -0.4 is 0 Å². The Morgan fingerprint density at radius 3 is 2.73 bits per heavy atom. The Balaban J connectivity index is 1.72. The molecule has 0 N–H and O–H groups in total. The van der Waals surface area contributed by atoms with Gasteiger partial charge in [0, 0.05) is 37.1 Å². The molecule has 6 heteroatoms. The minimum absolute atomic E-state index is 0.369. The molecule has 1 aliphatic rings. The minimum Gasteiger partial charge on any atom is -0.381 e. The van der Waals surface area contributed by atoms with E-state index in [-0.39, 0.29) is 0 Å². The summed E-state index contributed by atoms with van der Waals surface area (Å²) in [7, 11) is 0. The lowest BCUT2D eigenvalue weighted by Gasteiger charge is -2.20. The van der Waals surface area contributed by atoms with E-state index in [4.69, 9.17) is 4.74 Å². The molecule has 0 aliphatic carbocycles. The van der Waals surface area contributed by atoms with E-state index >= 15 is 0 Å². The molecule has 1 saturated heterocycles. The summed E-state index contributed by atoms with van der Waals surface area (Å²) in [5.41, 5.74) is 6.13. The zero-order valence-corrected chi connectivity index (χ0v) is 14.6. The van der Waals surface area contributed by atoms with Crippen molar-refractivity contribution in [3.05, 3.63) is 54.2 Å². The summed E-state index contributed by atoms with van der Waals surface area (Å²) in [6, 6.07) is 8.46. The first-order chi connectivity index (χ1) is 12.8. The van der Waals surface area contributed by atoms with E-state index in [0.717, 1.165) is 65.3 Å². The molecule has 3 aromatic heterocycles. The van der Waals surface area contributed by atoms with E-state index in [1.54, 1.807) is 6.20 Å². The van der Waals surface area contributed by atoms with Crippen LogP contribution in [0, 0.1) is 6.92 Å². The van der Waals surface area contributed by atoms with Crippen molar-refractivity contribution in [3.63, 3.8) is 0 Å². The third-order valence-electron chi connectivity index (χ3n) is 5.04. The zero-order valence-electron chi connectivity index (χ0n) is 14.6. The number of aromatic nitrogens is 5. The molecule has 0 radical (unpaired) electrons. The lowest BCUT2D eigenvalue weighted by molar-refractivity contribution is 0.0834. The first kappa shape index (κ1) is 15.4. The van der Waals surface area contributed by atoms with Crippen LogP contribution in [0.1, 0.15) is 30.1 Å². The summed E-state index contributed by atoms with van der Waals surface area (Å²) >= 11 is 0. The van der Waals surface area contributed by atoms with Gasteiger partial charge in [0.1, 0.15) is 5.82 Å². The third-order valence-corrected chi connectivity index (χ3v) is 5.04. The summed E-state index contributed by atoms with van der Waals surface area (Å²) < 4.78 is 7.67. The maximum atomic E-state index is 5.51. The van der Waals surface area contributed by atoms with Gasteiger partial charge in [-0.1, -0.05) is 6.07 Å². The zero-order chi connectivity index (χ0) is 17.5. The second-order valence-corrected chi connectivity index (χ2v) is 6.85. The van der Waals surface area contributed by atoms with Crippen LogP contribution in [-0.2, 0) is 4.74 Å². The molecular weight excluding hydrogens is 326 g/mol. The van der Waals surface area contributed by atoms with Crippen LogP contribution in [0.2, 0.25) is 0 Å². The largest absolute Gasteiger partial charge is 0.381 e. The number of hydrogen-bond donors (Lipinski definition) is 0. The predicted molar refractivity (Wildman–Crippen MR) is 99.1 cm³/mol. The molecule has 0 atom stereocenters. The summed E-state index contributed by atoms with van der Waals surface area (Å²) in [5.74, 6) is 1.38. The first-order valence-corrected chi connectivity index (χ1v) is 8.93. The fraction of sp³-hybridized carbons (Fsp3) is 0.300. The molecule has 0 amide bonds. The smallest absolute Gasteiger partial charge is 0.179 e. The molecule has 4 heterocycles. The predicted octanol–water partition coefficient (Wildman–Crippen LogP) is 3.54. The maximum Gasteiger partial charge on any atom is 0.179 e.